The second kappa shape index (κ2) is 7.64. The van der Waals surface area contributed by atoms with Crippen LogP contribution in [0.1, 0.15) is 25.7 Å². The fourth-order valence-corrected chi connectivity index (χ4v) is 3.18. The quantitative estimate of drug-likeness (QED) is 0.847. The molecule has 1 aromatic carbocycles. The minimum Gasteiger partial charge on any atom is -0.481 e. The molecule has 2 heterocycles. The number of likely N-dealkylation sites (tertiary alicyclic amines) is 2. The van der Waals surface area contributed by atoms with Gasteiger partial charge in [0.15, 0.2) is 18.2 Å². The van der Waals surface area contributed by atoms with Crippen molar-refractivity contribution in [3.63, 3.8) is 0 Å². The third-order valence-corrected chi connectivity index (χ3v) is 4.69. The van der Waals surface area contributed by atoms with Crippen LogP contribution in [0.2, 0.25) is 0 Å². The molecule has 0 spiro atoms. The molecular formula is C18H23FN2O3. The number of halogens is 1. The zero-order valence-corrected chi connectivity index (χ0v) is 13.7. The SMILES string of the molecule is O=C(COc1ccccc1F)N1CC(C(=O)N2CCCCCC2)C1. The number of amides is 2. The number of para-hydroxylation sites is 1. The van der Waals surface area contributed by atoms with E-state index in [0.717, 1.165) is 25.9 Å². The van der Waals surface area contributed by atoms with Crippen LogP contribution in [0, 0.1) is 11.7 Å². The van der Waals surface area contributed by atoms with Crippen LogP contribution < -0.4 is 4.74 Å². The maximum Gasteiger partial charge on any atom is 0.260 e. The Morgan fingerprint density at radius 3 is 2.38 bits per heavy atom. The van der Waals surface area contributed by atoms with E-state index in [4.69, 9.17) is 4.74 Å². The van der Waals surface area contributed by atoms with Crippen LogP contribution in [0.4, 0.5) is 4.39 Å². The van der Waals surface area contributed by atoms with Crippen LogP contribution >= 0.6 is 0 Å². The highest BCUT2D eigenvalue weighted by molar-refractivity contribution is 5.85. The van der Waals surface area contributed by atoms with Crippen molar-refractivity contribution < 1.29 is 18.7 Å². The summed E-state index contributed by atoms with van der Waals surface area (Å²) in [4.78, 5) is 28.0. The molecule has 130 valence electrons. The second-order valence-corrected chi connectivity index (χ2v) is 6.45. The maximum absolute atomic E-state index is 13.4. The van der Waals surface area contributed by atoms with Gasteiger partial charge in [-0.05, 0) is 25.0 Å². The van der Waals surface area contributed by atoms with Crippen LogP contribution in [0.5, 0.6) is 5.75 Å². The van der Waals surface area contributed by atoms with E-state index in [1.54, 1.807) is 17.0 Å². The van der Waals surface area contributed by atoms with Gasteiger partial charge in [-0.25, -0.2) is 4.39 Å². The lowest BCUT2D eigenvalue weighted by Crippen LogP contribution is -2.57. The topological polar surface area (TPSA) is 49.9 Å². The Hall–Kier alpha value is -2.11. The van der Waals surface area contributed by atoms with Crippen molar-refractivity contribution in [2.24, 2.45) is 5.92 Å². The smallest absolute Gasteiger partial charge is 0.260 e. The van der Waals surface area contributed by atoms with Gasteiger partial charge in [-0.3, -0.25) is 9.59 Å². The number of carbonyl (C=O) groups excluding carboxylic acids is 2. The second-order valence-electron chi connectivity index (χ2n) is 6.45. The normalized spacial score (nSPS) is 18.7. The minimum absolute atomic E-state index is 0.0727. The van der Waals surface area contributed by atoms with Gasteiger partial charge in [-0.1, -0.05) is 25.0 Å². The number of hydrogen-bond donors (Lipinski definition) is 0. The zero-order valence-electron chi connectivity index (χ0n) is 13.7. The van der Waals surface area contributed by atoms with Crippen molar-refractivity contribution in [2.75, 3.05) is 32.8 Å². The van der Waals surface area contributed by atoms with Gasteiger partial charge in [-0.15, -0.1) is 0 Å². The Morgan fingerprint density at radius 1 is 1.04 bits per heavy atom. The van der Waals surface area contributed by atoms with Crippen LogP contribution in [0.3, 0.4) is 0 Å². The van der Waals surface area contributed by atoms with E-state index in [0.29, 0.717) is 13.1 Å². The van der Waals surface area contributed by atoms with E-state index in [1.807, 2.05) is 4.90 Å². The van der Waals surface area contributed by atoms with Crippen molar-refractivity contribution >= 4 is 11.8 Å². The number of benzene rings is 1. The van der Waals surface area contributed by atoms with E-state index < -0.39 is 5.82 Å². The summed E-state index contributed by atoms with van der Waals surface area (Å²) < 4.78 is 18.7. The van der Waals surface area contributed by atoms with Crippen molar-refractivity contribution in [1.82, 2.24) is 9.80 Å². The van der Waals surface area contributed by atoms with Gasteiger partial charge in [0.25, 0.3) is 5.91 Å². The van der Waals surface area contributed by atoms with Crippen molar-refractivity contribution in [1.29, 1.82) is 0 Å². The van der Waals surface area contributed by atoms with E-state index in [-0.39, 0.29) is 30.1 Å². The number of ether oxygens (including phenoxy) is 1. The van der Waals surface area contributed by atoms with Crippen LogP contribution in [-0.4, -0.2) is 54.4 Å². The first-order chi connectivity index (χ1) is 11.6. The van der Waals surface area contributed by atoms with Crippen LogP contribution in [-0.2, 0) is 9.59 Å². The molecule has 24 heavy (non-hydrogen) atoms. The third-order valence-electron chi connectivity index (χ3n) is 4.69. The molecule has 2 aliphatic rings. The number of nitrogens with zero attached hydrogens (tertiary/aromatic N) is 2. The van der Waals surface area contributed by atoms with Crippen molar-refractivity contribution in [3.05, 3.63) is 30.1 Å². The summed E-state index contributed by atoms with van der Waals surface area (Å²) in [6.07, 6.45) is 4.51. The molecule has 0 N–H and O–H groups in total. The summed E-state index contributed by atoms with van der Waals surface area (Å²) in [6.45, 7) is 2.34. The fraction of sp³-hybridized carbons (Fsp3) is 0.556. The summed E-state index contributed by atoms with van der Waals surface area (Å²) in [7, 11) is 0. The van der Waals surface area contributed by atoms with E-state index in [9.17, 15) is 14.0 Å². The number of carbonyl (C=O) groups is 2. The first-order valence-corrected chi connectivity index (χ1v) is 8.59. The summed E-state index contributed by atoms with van der Waals surface area (Å²) in [6, 6.07) is 6.00. The average molecular weight is 334 g/mol. The molecule has 0 aliphatic carbocycles. The van der Waals surface area contributed by atoms with Gasteiger partial charge in [0.1, 0.15) is 0 Å². The van der Waals surface area contributed by atoms with Gasteiger partial charge < -0.3 is 14.5 Å². The number of rotatable bonds is 4. The molecule has 0 bridgehead atoms. The molecule has 0 aromatic heterocycles. The van der Waals surface area contributed by atoms with Gasteiger partial charge in [0.2, 0.25) is 5.91 Å². The highest BCUT2D eigenvalue weighted by Crippen LogP contribution is 2.21. The Labute approximate surface area is 141 Å². The fourth-order valence-electron chi connectivity index (χ4n) is 3.18. The maximum atomic E-state index is 13.4. The Morgan fingerprint density at radius 2 is 1.71 bits per heavy atom. The molecule has 6 heteroatoms. The molecule has 2 aliphatic heterocycles. The molecule has 0 radical (unpaired) electrons. The average Bonchev–Trinajstić information content (AvgIpc) is 2.82. The first-order valence-electron chi connectivity index (χ1n) is 8.59. The van der Waals surface area contributed by atoms with E-state index in [1.165, 1.54) is 25.0 Å². The molecule has 0 unspecified atom stereocenters. The van der Waals surface area contributed by atoms with Gasteiger partial charge in [0, 0.05) is 26.2 Å². The summed E-state index contributed by atoms with van der Waals surface area (Å²) >= 11 is 0. The summed E-state index contributed by atoms with van der Waals surface area (Å²) in [5.74, 6) is -0.554. The third kappa shape index (κ3) is 3.86. The molecule has 5 nitrogen and oxygen atoms in total. The highest BCUT2D eigenvalue weighted by atomic mass is 19.1. The highest BCUT2D eigenvalue weighted by Gasteiger charge is 2.37. The first kappa shape index (κ1) is 16.7. The lowest BCUT2D eigenvalue weighted by Gasteiger charge is -2.40. The molecule has 2 saturated heterocycles. The Bertz CT molecular complexity index is 594. The molecule has 1 aromatic rings. The van der Waals surface area contributed by atoms with E-state index >= 15 is 0 Å². The molecular weight excluding hydrogens is 311 g/mol. The minimum atomic E-state index is -0.483. The monoisotopic (exact) mass is 334 g/mol. The lowest BCUT2D eigenvalue weighted by atomic mass is 9.98. The summed E-state index contributed by atoms with van der Waals surface area (Å²) in [5.41, 5.74) is 0. The van der Waals surface area contributed by atoms with Crippen LogP contribution in [0.15, 0.2) is 24.3 Å². The predicted molar refractivity (Wildman–Crippen MR) is 87.0 cm³/mol. The standard InChI is InChI=1S/C18H23FN2O3/c19-15-7-3-4-8-16(15)24-13-17(22)21-11-14(12-21)18(23)20-9-5-1-2-6-10-20/h3-4,7-8,14H,1-2,5-6,9-13H2. The van der Waals surface area contributed by atoms with Crippen molar-refractivity contribution in [3.8, 4) is 5.75 Å². The summed E-state index contributed by atoms with van der Waals surface area (Å²) in [5, 5.41) is 0. The van der Waals surface area contributed by atoms with Crippen LogP contribution in [0.25, 0.3) is 0 Å². The van der Waals surface area contributed by atoms with E-state index in [2.05, 4.69) is 0 Å². The van der Waals surface area contributed by atoms with Gasteiger partial charge in [-0.2, -0.15) is 0 Å². The predicted octanol–water partition coefficient (Wildman–Crippen LogP) is 2.07. The molecule has 0 atom stereocenters. The van der Waals surface area contributed by atoms with Crippen molar-refractivity contribution in [2.45, 2.75) is 25.7 Å². The largest absolute Gasteiger partial charge is 0.481 e. The molecule has 2 amide bonds. The Kier molecular flexibility index (Phi) is 5.33. The molecule has 0 saturated carbocycles. The zero-order chi connectivity index (χ0) is 16.9. The van der Waals surface area contributed by atoms with Gasteiger partial charge >= 0.3 is 0 Å². The van der Waals surface area contributed by atoms with Gasteiger partial charge in [0.05, 0.1) is 5.92 Å². The Balaban J connectivity index is 1.43. The molecule has 3 rings (SSSR count). The molecule has 2 fully saturated rings. The number of hydrogen-bond acceptors (Lipinski definition) is 3. The lowest BCUT2D eigenvalue weighted by molar-refractivity contribution is -0.149.